The first-order chi connectivity index (χ1) is 12.2. The number of rotatable bonds is 7. The van der Waals surface area contributed by atoms with Crippen molar-refractivity contribution in [2.45, 2.75) is 26.4 Å². The quantitative estimate of drug-likeness (QED) is 0.677. The maximum Gasteiger partial charge on any atom is 0.253 e. The number of aryl methyl sites for hydroxylation is 1. The number of hydrogen-bond acceptors (Lipinski definition) is 7. The lowest BCUT2D eigenvalue weighted by Crippen LogP contribution is -2.22. The van der Waals surface area contributed by atoms with Gasteiger partial charge in [0.15, 0.2) is 0 Å². The van der Waals surface area contributed by atoms with Gasteiger partial charge in [-0.25, -0.2) is 19.9 Å². The largest absolute Gasteiger partial charge is 0.364 e. The Morgan fingerprint density at radius 1 is 1.16 bits per heavy atom. The molecule has 0 fully saturated rings. The first kappa shape index (κ1) is 17.0. The monoisotopic (exact) mass is 354 g/mol. The third-order valence-electron chi connectivity index (χ3n) is 3.48. The highest BCUT2D eigenvalue weighted by Crippen LogP contribution is 2.11. The van der Waals surface area contributed by atoms with Crippen molar-refractivity contribution >= 4 is 23.1 Å². The van der Waals surface area contributed by atoms with Gasteiger partial charge in [0, 0.05) is 17.8 Å². The third-order valence-corrected chi connectivity index (χ3v) is 4.38. The van der Waals surface area contributed by atoms with Crippen LogP contribution in [0.2, 0.25) is 0 Å². The van der Waals surface area contributed by atoms with Crippen LogP contribution in [0.4, 0.5) is 5.82 Å². The van der Waals surface area contributed by atoms with E-state index in [0.717, 1.165) is 22.8 Å². The topological polar surface area (TPSA) is 92.7 Å². The number of carbonyl (C=O) groups excluding carboxylic acids is 1. The van der Waals surface area contributed by atoms with Crippen molar-refractivity contribution in [1.29, 1.82) is 0 Å². The van der Waals surface area contributed by atoms with Gasteiger partial charge in [0.2, 0.25) is 0 Å². The van der Waals surface area contributed by atoms with Crippen LogP contribution in [0.25, 0.3) is 0 Å². The molecule has 3 rings (SSSR count). The molecule has 3 heterocycles. The molecule has 25 heavy (non-hydrogen) atoms. The lowest BCUT2D eigenvalue weighted by molar-refractivity contribution is 0.0950. The fourth-order valence-electron chi connectivity index (χ4n) is 2.09. The van der Waals surface area contributed by atoms with E-state index in [1.54, 1.807) is 35.9 Å². The van der Waals surface area contributed by atoms with Crippen molar-refractivity contribution in [1.82, 2.24) is 25.3 Å². The van der Waals surface area contributed by atoms with Crippen LogP contribution < -0.4 is 10.6 Å². The molecule has 8 heteroatoms. The van der Waals surface area contributed by atoms with E-state index in [1.165, 1.54) is 6.33 Å². The SMILES string of the molecule is CCc1csc(CNC(=O)c2ccc(NCc3ccncn3)nc2)n1. The second-order valence-electron chi connectivity index (χ2n) is 5.26. The van der Waals surface area contributed by atoms with Crippen LogP contribution in [0, 0.1) is 0 Å². The van der Waals surface area contributed by atoms with Crippen LogP contribution in [0.1, 0.15) is 33.7 Å². The zero-order chi connectivity index (χ0) is 17.5. The summed E-state index contributed by atoms with van der Waals surface area (Å²) in [6.07, 6.45) is 5.65. The van der Waals surface area contributed by atoms with Crippen LogP contribution in [-0.2, 0) is 19.5 Å². The van der Waals surface area contributed by atoms with Crippen LogP contribution in [-0.4, -0.2) is 25.8 Å². The Balaban J connectivity index is 1.51. The van der Waals surface area contributed by atoms with Crippen LogP contribution in [0.5, 0.6) is 0 Å². The minimum Gasteiger partial charge on any atom is -0.364 e. The Morgan fingerprint density at radius 2 is 2.08 bits per heavy atom. The van der Waals surface area contributed by atoms with Gasteiger partial charge in [-0.05, 0) is 24.6 Å². The van der Waals surface area contributed by atoms with E-state index in [4.69, 9.17) is 0 Å². The maximum absolute atomic E-state index is 12.2. The standard InChI is InChI=1S/C17H18N6OS/c1-2-13-10-25-16(23-13)9-21-17(24)12-3-4-15(19-7-12)20-8-14-5-6-18-11-22-14/h3-7,10-11H,2,8-9H2,1H3,(H,19,20)(H,21,24). The molecule has 0 saturated heterocycles. The van der Waals surface area contributed by atoms with E-state index in [0.29, 0.717) is 24.5 Å². The summed E-state index contributed by atoms with van der Waals surface area (Å²) in [6.45, 7) is 3.03. The summed E-state index contributed by atoms with van der Waals surface area (Å²) < 4.78 is 0. The van der Waals surface area contributed by atoms with Gasteiger partial charge in [-0.15, -0.1) is 11.3 Å². The van der Waals surface area contributed by atoms with Crippen LogP contribution in [0.15, 0.2) is 42.3 Å². The average molecular weight is 354 g/mol. The van der Waals surface area contributed by atoms with Crippen molar-refractivity contribution in [2.75, 3.05) is 5.32 Å². The van der Waals surface area contributed by atoms with E-state index in [-0.39, 0.29) is 5.91 Å². The minimum absolute atomic E-state index is 0.164. The van der Waals surface area contributed by atoms with E-state index in [9.17, 15) is 4.79 Å². The first-order valence-corrected chi connectivity index (χ1v) is 8.79. The third kappa shape index (κ3) is 4.80. The van der Waals surface area contributed by atoms with Gasteiger partial charge in [0.25, 0.3) is 5.91 Å². The summed E-state index contributed by atoms with van der Waals surface area (Å²) in [4.78, 5) is 28.9. The molecule has 0 spiro atoms. The number of anilines is 1. The molecule has 0 aliphatic carbocycles. The van der Waals surface area contributed by atoms with Crippen molar-refractivity contribution in [2.24, 2.45) is 0 Å². The molecule has 7 nitrogen and oxygen atoms in total. The van der Waals surface area contributed by atoms with Crippen LogP contribution in [0.3, 0.4) is 0 Å². The molecule has 3 aromatic rings. The highest BCUT2D eigenvalue weighted by molar-refractivity contribution is 7.09. The summed E-state index contributed by atoms with van der Waals surface area (Å²) >= 11 is 1.56. The van der Waals surface area contributed by atoms with E-state index in [1.807, 2.05) is 11.4 Å². The maximum atomic E-state index is 12.2. The Hall–Kier alpha value is -2.87. The fourth-order valence-corrected chi connectivity index (χ4v) is 2.90. The zero-order valence-corrected chi connectivity index (χ0v) is 14.6. The molecule has 3 aromatic heterocycles. The number of aromatic nitrogens is 4. The molecule has 0 saturated carbocycles. The van der Waals surface area contributed by atoms with E-state index < -0.39 is 0 Å². The number of pyridine rings is 1. The highest BCUT2D eigenvalue weighted by Gasteiger charge is 2.08. The molecule has 1 amide bonds. The van der Waals surface area contributed by atoms with Gasteiger partial charge in [0.05, 0.1) is 30.0 Å². The Kier molecular flexibility index (Phi) is 5.63. The van der Waals surface area contributed by atoms with E-state index >= 15 is 0 Å². The highest BCUT2D eigenvalue weighted by atomic mass is 32.1. The zero-order valence-electron chi connectivity index (χ0n) is 13.8. The number of nitrogens with zero attached hydrogens (tertiary/aromatic N) is 4. The number of amides is 1. The molecule has 128 valence electrons. The number of hydrogen-bond donors (Lipinski definition) is 2. The molecular weight excluding hydrogens is 336 g/mol. The summed E-state index contributed by atoms with van der Waals surface area (Å²) in [6, 6.07) is 5.34. The lowest BCUT2D eigenvalue weighted by atomic mass is 10.2. The molecule has 0 aliphatic heterocycles. The molecule has 0 radical (unpaired) electrons. The predicted molar refractivity (Wildman–Crippen MR) is 96.3 cm³/mol. The van der Waals surface area contributed by atoms with Crippen LogP contribution >= 0.6 is 11.3 Å². The Labute approximate surface area is 149 Å². The van der Waals surface area contributed by atoms with Gasteiger partial charge in [0.1, 0.15) is 17.2 Å². The van der Waals surface area contributed by atoms with Crippen molar-refractivity contribution in [3.05, 3.63) is 64.3 Å². The molecule has 0 unspecified atom stereocenters. The Bertz CT molecular complexity index is 819. The minimum atomic E-state index is -0.164. The molecule has 0 aromatic carbocycles. The van der Waals surface area contributed by atoms with Gasteiger partial charge in [-0.3, -0.25) is 4.79 Å². The summed E-state index contributed by atoms with van der Waals surface area (Å²) in [7, 11) is 0. The van der Waals surface area contributed by atoms with Gasteiger partial charge < -0.3 is 10.6 Å². The van der Waals surface area contributed by atoms with Gasteiger partial charge >= 0.3 is 0 Å². The summed E-state index contributed by atoms with van der Waals surface area (Å²) in [5, 5.41) is 8.93. The van der Waals surface area contributed by atoms with Gasteiger partial charge in [-0.2, -0.15) is 0 Å². The lowest BCUT2D eigenvalue weighted by Gasteiger charge is -2.06. The summed E-state index contributed by atoms with van der Waals surface area (Å²) in [5.74, 6) is 0.519. The summed E-state index contributed by atoms with van der Waals surface area (Å²) in [5.41, 5.74) is 2.43. The molecule has 2 N–H and O–H groups in total. The smallest absolute Gasteiger partial charge is 0.253 e. The predicted octanol–water partition coefficient (Wildman–Crippen LogP) is 2.43. The van der Waals surface area contributed by atoms with E-state index in [2.05, 4.69) is 37.5 Å². The fraction of sp³-hybridized carbons (Fsp3) is 0.235. The molecule has 0 atom stereocenters. The number of thiazole rings is 1. The normalized spacial score (nSPS) is 10.4. The number of carbonyl (C=O) groups is 1. The average Bonchev–Trinajstić information content (AvgIpc) is 3.14. The van der Waals surface area contributed by atoms with Crippen molar-refractivity contribution < 1.29 is 4.79 Å². The second-order valence-corrected chi connectivity index (χ2v) is 6.20. The second kappa shape index (κ2) is 8.29. The molecular formula is C17H18N6OS. The molecule has 0 aliphatic rings. The number of nitrogens with one attached hydrogen (secondary N) is 2. The Morgan fingerprint density at radius 3 is 2.76 bits per heavy atom. The first-order valence-electron chi connectivity index (χ1n) is 7.91. The van der Waals surface area contributed by atoms with Crippen molar-refractivity contribution in [3.63, 3.8) is 0 Å². The van der Waals surface area contributed by atoms with Gasteiger partial charge in [-0.1, -0.05) is 6.92 Å². The van der Waals surface area contributed by atoms with Crippen molar-refractivity contribution in [3.8, 4) is 0 Å². The molecule has 0 bridgehead atoms.